The minimum atomic E-state index is -0.999. The van der Waals surface area contributed by atoms with E-state index in [1.165, 1.54) is 6.07 Å². The fraction of sp³-hybridized carbons (Fsp3) is 0.133. The fourth-order valence-corrected chi connectivity index (χ4v) is 2.26. The molecule has 0 unspecified atom stereocenters. The quantitative estimate of drug-likeness (QED) is 0.924. The van der Waals surface area contributed by atoms with Crippen LogP contribution >= 0.6 is 15.9 Å². The van der Waals surface area contributed by atoms with Crippen molar-refractivity contribution in [1.82, 2.24) is 0 Å². The van der Waals surface area contributed by atoms with Gasteiger partial charge in [-0.05, 0) is 40.5 Å². The minimum absolute atomic E-state index is 0.155. The van der Waals surface area contributed by atoms with Gasteiger partial charge in [-0.1, -0.05) is 35.9 Å². The van der Waals surface area contributed by atoms with Crippen molar-refractivity contribution in [2.24, 2.45) is 0 Å². The number of halogens is 1. The van der Waals surface area contributed by atoms with Gasteiger partial charge in [-0.3, -0.25) is 0 Å². The van der Waals surface area contributed by atoms with Gasteiger partial charge in [0.05, 0.1) is 4.47 Å². The summed E-state index contributed by atoms with van der Waals surface area (Å²) in [7, 11) is 0. The molecule has 2 rings (SSSR count). The average Bonchev–Trinajstić information content (AvgIpc) is 2.37. The van der Waals surface area contributed by atoms with Crippen LogP contribution in [0.3, 0.4) is 0 Å². The molecule has 2 aromatic rings. The molecule has 3 nitrogen and oxygen atoms in total. The number of carboxylic acid groups (broad SMARTS) is 1. The highest BCUT2D eigenvalue weighted by atomic mass is 79.9. The SMILES string of the molecule is Cc1cccc(COc2c(Br)cccc2C(=O)O)c1. The number of hydrogen-bond acceptors (Lipinski definition) is 2. The lowest BCUT2D eigenvalue weighted by molar-refractivity contribution is 0.0691. The van der Waals surface area contributed by atoms with Crippen LogP contribution < -0.4 is 4.74 Å². The van der Waals surface area contributed by atoms with Crippen molar-refractivity contribution in [3.63, 3.8) is 0 Å². The second kappa shape index (κ2) is 5.89. The van der Waals surface area contributed by atoms with Gasteiger partial charge < -0.3 is 9.84 Å². The number of hydrogen-bond donors (Lipinski definition) is 1. The van der Waals surface area contributed by atoms with E-state index < -0.39 is 5.97 Å². The lowest BCUT2D eigenvalue weighted by Crippen LogP contribution is -2.04. The highest BCUT2D eigenvalue weighted by Gasteiger charge is 2.14. The molecule has 1 N–H and O–H groups in total. The van der Waals surface area contributed by atoms with Crippen molar-refractivity contribution >= 4 is 21.9 Å². The van der Waals surface area contributed by atoms with Gasteiger partial charge in [0.1, 0.15) is 17.9 Å². The first kappa shape index (κ1) is 13.6. The predicted molar refractivity (Wildman–Crippen MR) is 76.6 cm³/mol. The molecule has 0 saturated heterocycles. The first-order valence-electron chi connectivity index (χ1n) is 5.78. The highest BCUT2D eigenvalue weighted by molar-refractivity contribution is 9.10. The van der Waals surface area contributed by atoms with E-state index in [4.69, 9.17) is 9.84 Å². The molecule has 0 atom stereocenters. The molecule has 0 aromatic heterocycles. The summed E-state index contributed by atoms with van der Waals surface area (Å²) in [4.78, 5) is 11.1. The maximum Gasteiger partial charge on any atom is 0.339 e. The van der Waals surface area contributed by atoms with Crippen LogP contribution in [0.2, 0.25) is 0 Å². The number of carbonyl (C=O) groups is 1. The molecule has 0 amide bonds. The van der Waals surface area contributed by atoms with E-state index in [2.05, 4.69) is 15.9 Å². The molecule has 0 aliphatic carbocycles. The van der Waals surface area contributed by atoms with Crippen molar-refractivity contribution in [2.75, 3.05) is 0 Å². The van der Waals surface area contributed by atoms with E-state index in [1.807, 2.05) is 31.2 Å². The molecule has 2 aromatic carbocycles. The molecule has 0 spiro atoms. The summed E-state index contributed by atoms with van der Waals surface area (Å²) >= 11 is 3.32. The predicted octanol–water partition coefficient (Wildman–Crippen LogP) is 4.03. The Labute approximate surface area is 120 Å². The number of para-hydroxylation sites is 1. The molecular weight excluding hydrogens is 308 g/mol. The molecule has 0 heterocycles. The van der Waals surface area contributed by atoms with E-state index in [1.54, 1.807) is 12.1 Å². The Hall–Kier alpha value is -1.81. The number of ether oxygens (including phenoxy) is 1. The highest BCUT2D eigenvalue weighted by Crippen LogP contribution is 2.29. The first-order chi connectivity index (χ1) is 9.08. The average molecular weight is 321 g/mol. The van der Waals surface area contributed by atoms with E-state index >= 15 is 0 Å². The lowest BCUT2D eigenvalue weighted by atomic mass is 10.1. The third kappa shape index (κ3) is 3.35. The molecule has 0 radical (unpaired) electrons. The zero-order valence-electron chi connectivity index (χ0n) is 10.4. The first-order valence-corrected chi connectivity index (χ1v) is 6.57. The Bertz CT molecular complexity index is 608. The van der Waals surface area contributed by atoms with Crippen molar-refractivity contribution in [1.29, 1.82) is 0 Å². The second-order valence-electron chi connectivity index (χ2n) is 4.20. The topological polar surface area (TPSA) is 46.5 Å². The number of carboxylic acids is 1. The zero-order chi connectivity index (χ0) is 13.8. The third-order valence-corrected chi connectivity index (χ3v) is 3.29. The summed E-state index contributed by atoms with van der Waals surface area (Å²) in [5.41, 5.74) is 2.31. The van der Waals surface area contributed by atoms with Gasteiger partial charge >= 0.3 is 5.97 Å². The minimum Gasteiger partial charge on any atom is -0.487 e. The van der Waals surface area contributed by atoms with E-state index in [9.17, 15) is 4.79 Å². The van der Waals surface area contributed by atoms with Crippen LogP contribution in [-0.2, 0) is 6.61 Å². The van der Waals surface area contributed by atoms with Gasteiger partial charge in [0.2, 0.25) is 0 Å². The summed E-state index contributed by atoms with van der Waals surface area (Å²) in [5, 5.41) is 9.13. The molecule has 0 aliphatic rings. The molecule has 0 fully saturated rings. The molecule has 0 saturated carbocycles. The Morgan fingerprint density at radius 1 is 1.26 bits per heavy atom. The van der Waals surface area contributed by atoms with Crippen molar-refractivity contribution in [3.8, 4) is 5.75 Å². The fourth-order valence-electron chi connectivity index (χ4n) is 1.78. The van der Waals surface area contributed by atoms with Crippen LogP contribution in [0.4, 0.5) is 0 Å². The van der Waals surface area contributed by atoms with Gasteiger partial charge in [-0.25, -0.2) is 4.79 Å². The van der Waals surface area contributed by atoms with E-state index in [0.717, 1.165) is 11.1 Å². The summed E-state index contributed by atoms with van der Waals surface area (Å²) < 4.78 is 6.28. The third-order valence-electron chi connectivity index (χ3n) is 2.66. The molecule has 0 aliphatic heterocycles. The summed E-state index contributed by atoms with van der Waals surface area (Å²) in [6.45, 7) is 2.34. The monoisotopic (exact) mass is 320 g/mol. The summed E-state index contributed by atoms with van der Waals surface area (Å²) in [5.74, 6) is -0.642. The van der Waals surface area contributed by atoms with E-state index in [-0.39, 0.29) is 5.56 Å². The maximum absolute atomic E-state index is 11.1. The number of benzene rings is 2. The molecule has 4 heteroatoms. The summed E-state index contributed by atoms with van der Waals surface area (Å²) in [6.07, 6.45) is 0. The van der Waals surface area contributed by atoms with Gasteiger partial charge in [-0.15, -0.1) is 0 Å². The van der Waals surface area contributed by atoms with Crippen molar-refractivity contribution < 1.29 is 14.6 Å². The van der Waals surface area contributed by atoms with Crippen LogP contribution in [0.1, 0.15) is 21.5 Å². The largest absolute Gasteiger partial charge is 0.487 e. The van der Waals surface area contributed by atoms with Crippen LogP contribution in [0.5, 0.6) is 5.75 Å². The second-order valence-corrected chi connectivity index (χ2v) is 5.05. The van der Waals surface area contributed by atoms with Crippen molar-refractivity contribution in [3.05, 3.63) is 63.6 Å². The van der Waals surface area contributed by atoms with Gasteiger partial charge in [0.25, 0.3) is 0 Å². The van der Waals surface area contributed by atoms with Crippen LogP contribution in [0.25, 0.3) is 0 Å². The van der Waals surface area contributed by atoms with Crippen LogP contribution in [0, 0.1) is 6.92 Å². The van der Waals surface area contributed by atoms with Gasteiger partial charge in [0, 0.05) is 0 Å². The van der Waals surface area contributed by atoms with Crippen LogP contribution in [-0.4, -0.2) is 11.1 Å². The smallest absolute Gasteiger partial charge is 0.339 e. The standard InChI is InChI=1S/C15H13BrO3/c1-10-4-2-5-11(8-10)9-19-14-12(15(17)18)6-3-7-13(14)16/h2-8H,9H2,1H3,(H,17,18). The number of aryl methyl sites for hydroxylation is 1. The Morgan fingerprint density at radius 2 is 2.00 bits per heavy atom. The van der Waals surface area contributed by atoms with Crippen LogP contribution in [0.15, 0.2) is 46.9 Å². The zero-order valence-corrected chi connectivity index (χ0v) is 12.0. The lowest BCUT2D eigenvalue weighted by Gasteiger charge is -2.11. The molecule has 0 bridgehead atoms. The van der Waals surface area contributed by atoms with E-state index in [0.29, 0.717) is 16.8 Å². The molecular formula is C15H13BrO3. The van der Waals surface area contributed by atoms with Gasteiger partial charge in [-0.2, -0.15) is 0 Å². The maximum atomic E-state index is 11.1. The van der Waals surface area contributed by atoms with Gasteiger partial charge in [0.15, 0.2) is 0 Å². The Balaban J connectivity index is 2.22. The Kier molecular flexibility index (Phi) is 4.22. The molecule has 98 valence electrons. The Morgan fingerprint density at radius 3 is 2.68 bits per heavy atom. The van der Waals surface area contributed by atoms with Crippen molar-refractivity contribution in [2.45, 2.75) is 13.5 Å². The number of rotatable bonds is 4. The molecule has 19 heavy (non-hydrogen) atoms. The number of aromatic carboxylic acids is 1. The normalized spacial score (nSPS) is 10.2. The summed E-state index contributed by atoms with van der Waals surface area (Å²) in [6, 6.07) is 12.9.